The van der Waals surface area contributed by atoms with E-state index in [-0.39, 0.29) is 5.41 Å². The van der Waals surface area contributed by atoms with Crippen molar-refractivity contribution in [2.45, 2.75) is 31.1 Å². The molecular formula is C15H19NO. The summed E-state index contributed by atoms with van der Waals surface area (Å²) in [6, 6.07) is 6.39. The van der Waals surface area contributed by atoms with E-state index in [0.717, 1.165) is 12.3 Å². The third-order valence-corrected chi connectivity index (χ3v) is 4.09. The highest BCUT2D eigenvalue weighted by Crippen LogP contribution is 2.46. The molecule has 1 heterocycles. The Hall–Kier alpha value is -1.44. The number of benzene rings is 1. The molecule has 90 valence electrons. The Morgan fingerprint density at radius 2 is 2.24 bits per heavy atom. The minimum Gasteiger partial charge on any atom is -0.495 e. The fraction of sp³-hybridized carbons (Fsp3) is 0.467. The van der Waals surface area contributed by atoms with Gasteiger partial charge in [-0.3, -0.25) is 0 Å². The Kier molecular flexibility index (Phi) is 2.58. The van der Waals surface area contributed by atoms with Crippen molar-refractivity contribution in [3.8, 4) is 5.75 Å². The highest BCUT2D eigenvalue weighted by atomic mass is 16.5. The van der Waals surface area contributed by atoms with Gasteiger partial charge in [0.05, 0.1) is 12.8 Å². The average Bonchev–Trinajstić information content (AvgIpc) is 2.40. The molecule has 1 N–H and O–H groups in total. The van der Waals surface area contributed by atoms with Crippen molar-refractivity contribution in [2.24, 2.45) is 0 Å². The maximum Gasteiger partial charge on any atom is 0.142 e. The van der Waals surface area contributed by atoms with Gasteiger partial charge < -0.3 is 10.1 Å². The minimum absolute atomic E-state index is 0.257. The summed E-state index contributed by atoms with van der Waals surface area (Å²) in [5, 5.41) is 3.49. The van der Waals surface area contributed by atoms with E-state index in [0.29, 0.717) is 0 Å². The largest absolute Gasteiger partial charge is 0.495 e. The lowest BCUT2D eigenvalue weighted by Crippen LogP contribution is -2.33. The van der Waals surface area contributed by atoms with Gasteiger partial charge >= 0.3 is 0 Å². The first-order valence-electron chi connectivity index (χ1n) is 6.45. The number of hydrogen-bond acceptors (Lipinski definition) is 2. The van der Waals surface area contributed by atoms with E-state index in [1.807, 2.05) is 6.07 Å². The van der Waals surface area contributed by atoms with Crippen molar-refractivity contribution >= 4 is 5.69 Å². The first kappa shape index (κ1) is 10.7. The molecule has 0 saturated heterocycles. The van der Waals surface area contributed by atoms with Gasteiger partial charge in [0.25, 0.3) is 0 Å². The molecule has 17 heavy (non-hydrogen) atoms. The number of nitrogens with one attached hydrogen (secondary N) is 1. The number of rotatable bonds is 1. The van der Waals surface area contributed by atoms with Crippen molar-refractivity contribution in [2.75, 3.05) is 19.0 Å². The Labute approximate surface area is 103 Å². The molecule has 2 heteroatoms. The second kappa shape index (κ2) is 4.10. The van der Waals surface area contributed by atoms with Crippen LogP contribution in [-0.2, 0) is 5.41 Å². The number of methoxy groups -OCH3 is 1. The molecule has 0 amide bonds. The molecule has 0 fully saturated rings. The van der Waals surface area contributed by atoms with Crippen LogP contribution in [0.3, 0.4) is 0 Å². The average molecular weight is 229 g/mol. The van der Waals surface area contributed by atoms with Crippen LogP contribution >= 0.6 is 0 Å². The van der Waals surface area contributed by atoms with Gasteiger partial charge in [0.15, 0.2) is 0 Å². The van der Waals surface area contributed by atoms with Gasteiger partial charge in [-0.15, -0.1) is 0 Å². The van der Waals surface area contributed by atoms with Crippen molar-refractivity contribution < 1.29 is 4.74 Å². The predicted octanol–water partition coefficient (Wildman–Crippen LogP) is 3.49. The van der Waals surface area contributed by atoms with E-state index in [9.17, 15) is 0 Å². The van der Waals surface area contributed by atoms with Crippen LogP contribution in [0.5, 0.6) is 5.75 Å². The van der Waals surface area contributed by atoms with Crippen LogP contribution in [0.2, 0.25) is 0 Å². The van der Waals surface area contributed by atoms with Crippen LogP contribution in [0.1, 0.15) is 31.2 Å². The van der Waals surface area contributed by atoms with E-state index in [4.69, 9.17) is 4.74 Å². The monoisotopic (exact) mass is 229 g/mol. The Morgan fingerprint density at radius 3 is 3.00 bits per heavy atom. The third kappa shape index (κ3) is 1.63. The third-order valence-electron chi connectivity index (χ3n) is 4.09. The molecule has 1 spiro atoms. The lowest BCUT2D eigenvalue weighted by molar-refractivity contribution is 0.399. The highest BCUT2D eigenvalue weighted by molar-refractivity contribution is 5.67. The summed E-state index contributed by atoms with van der Waals surface area (Å²) in [5.41, 5.74) is 2.87. The zero-order valence-electron chi connectivity index (χ0n) is 10.3. The van der Waals surface area contributed by atoms with E-state index < -0.39 is 0 Å². The number of hydrogen-bond donors (Lipinski definition) is 1. The summed E-state index contributed by atoms with van der Waals surface area (Å²) in [6.07, 6.45) is 9.77. The standard InChI is InChI=1S/C15H19NO/c1-17-13-7-5-6-12-14(13)16-11-10-15(12)8-3-2-4-9-15/h3,5-8,16H,2,4,9-11H2,1H3. The molecular weight excluding hydrogens is 210 g/mol. The van der Waals surface area contributed by atoms with Crippen molar-refractivity contribution in [3.05, 3.63) is 35.9 Å². The molecule has 0 aromatic heterocycles. The number of para-hydroxylation sites is 1. The summed E-state index contributed by atoms with van der Waals surface area (Å²) in [6.45, 7) is 1.04. The molecule has 1 aliphatic carbocycles. The maximum absolute atomic E-state index is 5.46. The van der Waals surface area contributed by atoms with Gasteiger partial charge in [0.2, 0.25) is 0 Å². The van der Waals surface area contributed by atoms with Crippen LogP contribution < -0.4 is 10.1 Å². The molecule has 1 aromatic carbocycles. The molecule has 2 nitrogen and oxygen atoms in total. The molecule has 1 unspecified atom stereocenters. The molecule has 2 aliphatic rings. The molecule has 0 bridgehead atoms. The van der Waals surface area contributed by atoms with E-state index in [1.54, 1.807) is 7.11 Å². The van der Waals surface area contributed by atoms with E-state index >= 15 is 0 Å². The van der Waals surface area contributed by atoms with E-state index in [1.165, 1.54) is 36.9 Å². The van der Waals surface area contributed by atoms with Gasteiger partial charge in [-0.1, -0.05) is 24.3 Å². The highest BCUT2D eigenvalue weighted by Gasteiger charge is 2.36. The predicted molar refractivity (Wildman–Crippen MR) is 70.8 cm³/mol. The summed E-state index contributed by atoms with van der Waals surface area (Å²) < 4.78 is 5.46. The fourth-order valence-corrected chi connectivity index (χ4v) is 3.20. The van der Waals surface area contributed by atoms with Crippen LogP contribution in [0.4, 0.5) is 5.69 Å². The Morgan fingerprint density at radius 1 is 1.29 bits per heavy atom. The van der Waals surface area contributed by atoms with Crippen LogP contribution in [0.15, 0.2) is 30.4 Å². The van der Waals surface area contributed by atoms with E-state index in [2.05, 4.69) is 29.6 Å². The summed E-state index contributed by atoms with van der Waals surface area (Å²) in [5.74, 6) is 0.973. The number of anilines is 1. The van der Waals surface area contributed by atoms with Crippen LogP contribution in [0, 0.1) is 0 Å². The zero-order valence-corrected chi connectivity index (χ0v) is 10.3. The summed E-state index contributed by atoms with van der Waals surface area (Å²) in [4.78, 5) is 0. The second-order valence-electron chi connectivity index (χ2n) is 5.01. The van der Waals surface area contributed by atoms with Gasteiger partial charge in [-0.05, 0) is 37.3 Å². The molecule has 3 rings (SSSR count). The van der Waals surface area contributed by atoms with Gasteiger partial charge in [0, 0.05) is 12.0 Å². The smallest absolute Gasteiger partial charge is 0.142 e. The molecule has 0 saturated carbocycles. The summed E-state index contributed by atoms with van der Waals surface area (Å²) >= 11 is 0. The maximum atomic E-state index is 5.46. The SMILES string of the molecule is COc1cccc2c1NCCC21C=CCCC1. The van der Waals surface area contributed by atoms with Gasteiger partial charge in [-0.25, -0.2) is 0 Å². The number of ether oxygens (including phenoxy) is 1. The Bertz CT molecular complexity index is 452. The van der Waals surface area contributed by atoms with Crippen molar-refractivity contribution in [3.63, 3.8) is 0 Å². The van der Waals surface area contributed by atoms with Crippen molar-refractivity contribution in [1.82, 2.24) is 0 Å². The number of fused-ring (bicyclic) bond motifs is 2. The van der Waals surface area contributed by atoms with Gasteiger partial charge in [0.1, 0.15) is 5.75 Å². The normalized spacial score (nSPS) is 26.4. The quantitative estimate of drug-likeness (QED) is 0.744. The zero-order chi connectivity index (χ0) is 11.7. The first-order chi connectivity index (χ1) is 8.36. The molecule has 0 radical (unpaired) electrons. The first-order valence-corrected chi connectivity index (χ1v) is 6.45. The topological polar surface area (TPSA) is 21.3 Å². The van der Waals surface area contributed by atoms with Crippen molar-refractivity contribution in [1.29, 1.82) is 0 Å². The lowest BCUT2D eigenvalue weighted by Gasteiger charge is -2.39. The second-order valence-corrected chi connectivity index (χ2v) is 5.01. The lowest BCUT2D eigenvalue weighted by atomic mass is 9.69. The molecule has 1 aromatic rings. The number of allylic oxidation sites excluding steroid dienone is 2. The summed E-state index contributed by atoms with van der Waals surface area (Å²) in [7, 11) is 1.75. The Balaban J connectivity index is 2.13. The fourth-order valence-electron chi connectivity index (χ4n) is 3.20. The molecule has 1 aliphatic heterocycles. The molecule has 1 atom stereocenters. The van der Waals surface area contributed by atoms with Gasteiger partial charge in [-0.2, -0.15) is 0 Å². The van der Waals surface area contributed by atoms with Crippen LogP contribution in [0.25, 0.3) is 0 Å². The van der Waals surface area contributed by atoms with Crippen LogP contribution in [-0.4, -0.2) is 13.7 Å². The minimum atomic E-state index is 0.257.